The first kappa shape index (κ1) is 13.5. The number of carbonyl (C=O) groups excluding carboxylic acids is 1. The number of benzene rings is 1. The maximum Gasteiger partial charge on any atom is 0.329 e. The van der Waals surface area contributed by atoms with Gasteiger partial charge in [-0.15, -0.1) is 0 Å². The Bertz CT molecular complexity index is 521. The molecule has 0 saturated heterocycles. The van der Waals surface area contributed by atoms with Crippen molar-refractivity contribution in [2.75, 3.05) is 0 Å². The van der Waals surface area contributed by atoms with Gasteiger partial charge < -0.3 is 10.4 Å². The molecule has 5 heteroatoms. The zero-order valence-corrected chi connectivity index (χ0v) is 10.7. The predicted molar refractivity (Wildman–Crippen MR) is 67.4 cm³/mol. The second-order valence-electron chi connectivity index (χ2n) is 5.03. The molecule has 1 aromatic carbocycles. The first-order valence-corrected chi connectivity index (χ1v) is 6.27. The molecule has 1 aliphatic rings. The summed E-state index contributed by atoms with van der Waals surface area (Å²) in [5, 5.41) is 11.8. The van der Waals surface area contributed by atoms with Gasteiger partial charge in [0.15, 0.2) is 0 Å². The largest absolute Gasteiger partial charge is 0.480 e. The van der Waals surface area contributed by atoms with Crippen LogP contribution in [0.4, 0.5) is 4.39 Å². The van der Waals surface area contributed by atoms with Gasteiger partial charge in [-0.1, -0.05) is 24.5 Å². The number of carbonyl (C=O) groups is 2. The van der Waals surface area contributed by atoms with Crippen molar-refractivity contribution in [3.8, 4) is 0 Å². The van der Waals surface area contributed by atoms with E-state index >= 15 is 0 Å². The van der Waals surface area contributed by atoms with E-state index in [-0.39, 0.29) is 5.56 Å². The van der Waals surface area contributed by atoms with Gasteiger partial charge in [0.2, 0.25) is 0 Å². The third kappa shape index (κ3) is 2.59. The van der Waals surface area contributed by atoms with E-state index in [0.29, 0.717) is 12.8 Å². The second kappa shape index (κ2) is 4.99. The van der Waals surface area contributed by atoms with Crippen molar-refractivity contribution in [2.45, 2.75) is 38.1 Å². The predicted octanol–water partition coefficient (Wildman–Crippen LogP) is 2.26. The van der Waals surface area contributed by atoms with Crippen LogP contribution in [0.1, 0.15) is 41.6 Å². The third-order valence-electron chi connectivity index (χ3n) is 3.59. The smallest absolute Gasteiger partial charge is 0.329 e. The molecule has 4 nitrogen and oxygen atoms in total. The second-order valence-corrected chi connectivity index (χ2v) is 5.03. The van der Waals surface area contributed by atoms with Gasteiger partial charge in [-0.25, -0.2) is 9.18 Å². The standard InChI is InChI=1S/C14H16FNO3/c1-9-4-5-11(15)10(8-9)12(17)16-14(13(18)19)6-2-3-7-14/h4-5,8H,2-3,6-7H2,1H3,(H,16,17)(H,18,19). The van der Waals surface area contributed by atoms with Gasteiger partial charge >= 0.3 is 5.97 Å². The van der Waals surface area contributed by atoms with E-state index in [1.54, 1.807) is 13.0 Å². The van der Waals surface area contributed by atoms with Crippen molar-refractivity contribution in [2.24, 2.45) is 0 Å². The molecule has 102 valence electrons. The molecule has 1 fully saturated rings. The molecule has 0 bridgehead atoms. The average Bonchev–Trinajstić information content (AvgIpc) is 2.82. The van der Waals surface area contributed by atoms with Crippen molar-refractivity contribution in [3.63, 3.8) is 0 Å². The molecule has 0 unspecified atom stereocenters. The van der Waals surface area contributed by atoms with Crippen molar-refractivity contribution < 1.29 is 19.1 Å². The number of aliphatic carboxylic acids is 1. The monoisotopic (exact) mass is 265 g/mol. The lowest BCUT2D eigenvalue weighted by Crippen LogP contribution is -2.52. The van der Waals surface area contributed by atoms with Crippen LogP contribution in [-0.4, -0.2) is 22.5 Å². The number of carboxylic acid groups (broad SMARTS) is 1. The summed E-state index contributed by atoms with van der Waals surface area (Å²) in [5.74, 6) is -2.35. The maximum absolute atomic E-state index is 13.6. The maximum atomic E-state index is 13.6. The van der Waals surface area contributed by atoms with E-state index in [1.807, 2.05) is 0 Å². The van der Waals surface area contributed by atoms with E-state index in [1.165, 1.54) is 12.1 Å². The molecule has 1 amide bonds. The minimum atomic E-state index is -1.24. The number of hydrogen-bond acceptors (Lipinski definition) is 2. The molecule has 1 aromatic rings. The van der Waals surface area contributed by atoms with E-state index in [0.717, 1.165) is 18.4 Å². The molecular weight excluding hydrogens is 249 g/mol. The van der Waals surface area contributed by atoms with E-state index in [9.17, 15) is 19.1 Å². The van der Waals surface area contributed by atoms with Crippen LogP contribution in [0.3, 0.4) is 0 Å². The fraction of sp³-hybridized carbons (Fsp3) is 0.429. The molecule has 0 radical (unpaired) electrons. The van der Waals surface area contributed by atoms with Gasteiger partial charge in [0, 0.05) is 0 Å². The molecule has 0 aromatic heterocycles. The SMILES string of the molecule is Cc1ccc(F)c(C(=O)NC2(C(=O)O)CCCC2)c1. The minimum absolute atomic E-state index is 0.104. The average molecular weight is 265 g/mol. The topological polar surface area (TPSA) is 66.4 Å². The van der Waals surface area contributed by atoms with Gasteiger partial charge in [0.25, 0.3) is 5.91 Å². The van der Waals surface area contributed by atoms with Crippen LogP contribution in [0, 0.1) is 12.7 Å². The summed E-state index contributed by atoms with van der Waals surface area (Å²) in [6.07, 6.45) is 2.29. The lowest BCUT2D eigenvalue weighted by molar-refractivity contribution is -0.144. The zero-order chi connectivity index (χ0) is 14.0. The summed E-state index contributed by atoms with van der Waals surface area (Å²) in [5.41, 5.74) is -0.595. The summed E-state index contributed by atoms with van der Waals surface area (Å²) >= 11 is 0. The summed E-state index contributed by atoms with van der Waals surface area (Å²) in [7, 11) is 0. The first-order chi connectivity index (χ1) is 8.94. The number of halogens is 1. The van der Waals surface area contributed by atoms with Crippen molar-refractivity contribution in [1.82, 2.24) is 5.32 Å². The van der Waals surface area contributed by atoms with Gasteiger partial charge in [0.05, 0.1) is 5.56 Å². The highest BCUT2D eigenvalue weighted by Gasteiger charge is 2.42. The Morgan fingerprint density at radius 2 is 1.95 bits per heavy atom. The molecule has 1 saturated carbocycles. The number of hydrogen-bond donors (Lipinski definition) is 2. The van der Waals surface area contributed by atoms with Crippen LogP contribution < -0.4 is 5.32 Å². The molecule has 2 rings (SSSR count). The highest BCUT2D eigenvalue weighted by molar-refractivity contribution is 5.98. The Hall–Kier alpha value is -1.91. The quantitative estimate of drug-likeness (QED) is 0.881. The van der Waals surface area contributed by atoms with Crippen LogP contribution in [0.15, 0.2) is 18.2 Å². The van der Waals surface area contributed by atoms with Crippen molar-refractivity contribution in [1.29, 1.82) is 0 Å². The Kier molecular flexibility index (Phi) is 3.55. The molecular formula is C14H16FNO3. The molecule has 19 heavy (non-hydrogen) atoms. The van der Waals surface area contributed by atoms with Crippen LogP contribution in [0.25, 0.3) is 0 Å². The highest BCUT2D eigenvalue weighted by atomic mass is 19.1. The van der Waals surface area contributed by atoms with Gasteiger partial charge in [-0.05, 0) is 31.9 Å². The van der Waals surface area contributed by atoms with Crippen LogP contribution in [0.2, 0.25) is 0 Å². The Balaban J connectivity index is 2.25. The van der Waals surface area contributed by atoms with E-state index < -0.39 is 23.2 Å². The molecule has 0 heterocycles. The summed E-state index contributed by atoms with van der Waals surface area (Å²) in [6.45, 7) is 1.75. The molecule has 1 aliphatic carbocycles. The number of aryl methyl sites for hydroxylation is 1. The number of carboxylic acids is 1. The number of amides is 1. The zero-order valence-electron chi connectivity index (χ0n) is 10.7. The lowest BCUT2D eigenvalue weighted by Gasteiger charge is -2.25. The Morgan fingerprint density at radius 1 is 1.32 bits per heavy atom. The third-order valence-corrected chi connectivity index (χ3v) is 3.59. The van der Waals surface area contributed by atoms with Gasteiger partial charge in [-0.3, -0.25) is 4.79 Å². The van der Waals surface area contributed by atoms with Crippen molar-refractivity contribution >= 4 is 11.9 Å². The van der Waals surface area contributed by atoms with Gasteiger partial charge in [0.1, 0.15) is 11.4 Å². The number of nitrogens with one attached hydrogen (secondary N) is 1. The normalized spacial score (nSPS) is 17.2. The summed E-state index contributed by atoms with van der Waals surface area (Å²) in [6, 6.07) is 4.20. The van der Waals surface area contributed by atoms with E-state index in [4.69, 9.17) is 0 Å². The molecule has 2 N–H and O–H groups in total. The minimum Gasteiger partial charge on any atom is -0.480 e. The highest BCUT2D eigenvalue weighted by Crippen LogP contribution is 2.30. The summed E-state index contributed by atoms with van der Waals surface area (Å²) < 4.78 is 13.6. The summed E-state index contributed by atoms with van der Waals surface area (Å²) in [4.78, 5) is 23.4. The fourth-order valence-electron chi connectivity index (χ4n) is 2.47. The van der Waals surface area contributed by atoms with Crippen LogP contribution in [0.5, 0.6) is 0 Å². The van der Waals surface area contributed by atoms with Gasteiger partial charge in [-0.2, -0.15) is 0 Å². The van der Waals surface area contributed by atoms with E-state index in [2.05, 4.69) is 5.32 Å². The molecule has 0 aliphatic heterocycles. The fourth-order valence-corrected chi connectivity index (χ4v) is 2.47. The Labute approximate surface area is 110 Å². The van der Waals surface area contributed by atoms with Crippen LogP contribution in [-0.2, 0) is 4.79 Å². The van der Waals surface area contributed by atoms with Crippen LogP contribution >= 0.6 is 0 Å². The molecule has 0 spiro atoms. The van der Waals surface area contributed by atoms with Crippen molar-refractivity contribution in [3.05, 3.63) is 35.1 Å². The lowest BCUT2D eigenvalue weighted by atomic mass is 9.97. The first-order valence-electron chi connectivity index (χ1n) is 6.27. The number of rotatable bonds is 3. The molecule has 0 atom stereocenters. The Morgan fingerprint density at radius 3 is 2.53 bits per heavy atom.